The van der Waals surface area contributed by atoms with Gasteiger partial charge in [-0.05, 0) is 108 Å². The van der Waals surface area contributed by atoms with Crippen LogP contribution >= 0.6 is 0 Å². The maximum atomic E-state index is 14.0. The summed E-state index contributed by atoms with van der Waals surface area (Å²) in [6.07, 6.45) is -0.663. The van der Waals surface area contributed by atoms with Gasteiger partial charge >= 0.3 is 5.97 Å². The maximum absolute atomic E-state index is 14.0. The minimum atomic E-state index is -1.60. The zero-order chi connectivity index (χ0) is 42.9. The smallest absolute Gasteiger partial charge is 0.303 e. The Bertz CT molecular complexity index is 2370. The molecular weight excluding hydrogens is 759 g/mol. The molecule has 0 saturated carbocycles. The molecule has 0 aromatic heterocycles. The lowest BCUT2D eigenvalue weighted by atomic mass is 9.84. The van der Waals surface area contributed by atoms with Gasteiger partial charge in [-0.2, -0.15) is 0 Å². The van der Waals surface area contributed by atoms with Crippen LogP contribution in [0.4, 0.5) is 5.69 Å². The van der Waals surface area contributed by atoms with Crippen LogP contribution in [0.1, 0.15) is 67.4 Å². The fourth-order valence-corrected chi connectivity index (χ4v) is 7.74. The number of nitrogens with one attached hydrogen (secondary N) is 3. The van der Waals surface area contributed by atoms with Crippen molar-refractivity contribution in [2.24, 2.45) is 11.5 Å². The summed E-state index contributed by atoms with van der Waals surface area (Å²) in [4.78, 5) is 95.8. The SMILES string of the molecule is Cc1cc(O)cc(C)c1CC(N)C(=O)C1NC(C(=O)NC(CCC(=O)O)C(=O)NC(CN2C(=O)c3cc4ccc(N(C)C)cc4cc3C2=O)C(N)=O)Cc2ccccc21. The van der Waals surface area contributed by atoms with Gasteiger partial charge in [0.2, 0.25) is 17.7 Å². The number of nitrogens with zero attached hydrogens (tertiary/aromatic N) is 2. The van der Waals surface area contributed by atoms with Crippen LogP contribution in [0.25, 0.3) is 10.8 Å². The first-order valence-corrected chi connectivity index (χ1v) is 19.1. The predicted molar refractivity (Wildman–Crippen MR) is 218 cm³/mol. The quantitative estimate of drug-likeness (QED) is 0.0845. The number of carboxylic acids is 1. The molecule has 0 bridgehead atoms. The van der Waals surface area contributed by atoms with Gasteiger partial charge in [-0.25, -0.2) is 0 Å². The summed E-state index contributed by atoms with van der Waals surface area (Å²) >= 11 is 0. The van der Waals surface area contributed by atoms with E-state index >= 15 is 0 Å². The van der Waals surface area contributed by atoms with E-state index in [1.807, 2.05) is 51.0 Å². The van der Waals surface area contributed by atoms with Crippen molar-refractivity contribution in [2.75, 3.05) is 25.5 Å². The number of phenols is 1. The average molecular weight is 806 g/mol. The van der Waals surface area contributed by atoms with Crippen molar-refractivity contribution in [3.8, 4) is 5.75 Å². The number of rotatable bonds is 15. The van der Waals surface area contributed by atoms with E-state index in [1.54, 1.807) is 48.5 Å². The third kappa shape index (κ3) is 8.93. The van der Waals surface area contributed by atoms with Gasteiger partial charge < -0.3 is 37.2 Å². The highest BCUT2D eigenvalue weighted by molar-refractivity contribution is 6.23. The molecule has 16 heteroatoms. The summed E-state index contributed by atoms with van der Waals surface area (Å²) in [5.74, 6) is -5.75. The van der Waals surface area contributed by atoms with E-state index in [9.17, 15) is 43.8 Å². The summed E-state index contributed by atoms with van der Waals surface area (Å²) in [7, 11) is 3.73. The Hall–Kier alpha value is -6.65. The lowest BCUT2D eigenvalue weighted by molar-refractivity contribution is -0.138. The van der Waals surface area contributed by atoms with Crippen molar-refractivity contribution in [3.63, 3.8) is 0 Å². The normalized spacial score (nSPS) is 17.4. The van der Waals surface area contributed by atoms with Crippen LogP contribution in [0.5, 0.6) is 5.75 Å². The first-order valence-electron chi connectivity index (χ1n) is 19.1. The second-order valence-corrected chi connectivity index (χ2v) is 15.3. The minimum absolute atomic E-state index is 0.0940. The topological polar surface area (TPSA) is 255 Å². The number of benzene rings is 4. The Balaban J connectivity index is 1.18. The number of primary amides is 1. The number of carbonyl (C=O) groups excluding carboxylic acids is 6. The molecule has 0 radical (unpaired) electrons. The average Bonchev–Trinajstić information content (AvgIpc) is 3.41. The molecule has 0 aliphatic carbocycles. The Morgan fingerprint density at radius 1 is 0.898 bits per heavy atom. The molecule has 308 valence electrons. The Labute approximate surface area is 339 Å². The first-order chi connectivity index (χ1) is 27.9. The fourth-order valence-electron chi connectivity index (χ4n) is 7.74. The number of carboxylic acid groups (broad SMARTS) is 1. The van der Waals surface area contributed by atoms with Gasteiger partial charge in [0.1, 0.15) is 17.8 Å². The number of aryl methyl sites for hydroxylation is 2. The number of fused-ring (bicyclic) bond motifs is 3. The molecule has 5 amide bonds. The molecule has 16 nitrogen and oxygen atoms in total. The fraction of sp³-hybridized carbons (Fsp3) is 0.326. The highest BCUT2D eigenvalue weighted by Crippen LogP contribution is 2.31. The molecular formula is C43H47N7O9. The van der Waals surface area contributed by atoms with E-state index in [-0.39, 0.29) is 29.7 Å². The van der Waals surface area contributed by atoms with Gasteiger partial charge in [0.25, 0.3) is 11.8 Å². The van der Waals surface area contributed by atoms with Crippen molar-refractivity contribution in [2.45, 2.75) is 69.7 Å². The van der Waals surface area contributed by atoms with Crippen molar-refractivity contribution >= 4 is 57.7 Å². The molecule has 9 N–H and O–H groups in total. The standard InChI is InChI=1S/C43H47N7O9/c1-21-13-27(51)14-22(2)29(21)19-32(44)38(54)37-28-8-6-5-7-24(28)18-34(46-37)41(57)47-33(11-12-36(52)53)40(56)48-35(39(45)55)20-50-42(58)30-16-23-9-10-26(49(3)4)15-25(23)17-31(30)43(50)59/h5-10,13-17,32-35,37,46,51H,11-12,18-20,44H2,1-4H3,(H2,45,55)(H,47,57)(H,48,56)(H,52,53). The number of aliphatic carboxylic acids is 1. The number of hydrogen-bond acceptors (Lipinski definition) is 11. The van der Waals surface area contributed by atoms with Crippen LogP contribution in [-0.2, 0) is 36.8 Å². The monoisotopic (exact) mass is 805 g/mol. The summed E-state index contributed by atoms with van der Waals surface area (Å²) < 4.78 is 0. The number of hydrogen-bond donors (Lipinski definition) is 7. The van der Waals surface area contributed by atoms with Crippen LogP contribution in [0.3, 0.4) is 0 Å². The molecule has 59 heavy (non-hydrogen) atoms. The number of phenolic OH excluding ortho intramolecular Hbond substituents is 1. The van der Waals surface area contributed by atoms with Crippen LogP contribution in [0, 0.1) is 13.8 Å². The minimum Gasteiger partial charge on any atom is -0.508 e. The molecule has 4 aromatic carbocycles. The predicted octanol–water partition coefficient (Wildman–Crippen LogP) is 1.54. The molecule has 0 fully saturated rings. The Morgan fingerprint density at radius 3 is 2.17 bits per heavy atom. The van der Waals surface area contributed by atoms with E-state index in [0.29, 0.717) is 21.9 Å². The molecule has 0 spiro atoms. The second kappa shape index (κ2) is 17.1. The van der Waals surface area contributed by atoms with Crippen molar-refractivity contribution < 1.29 is 43.8 Å². The third-order valence-corrected chi connectivity index (χ3v) is 11.0. The Kier molecular flexibility index (Phi) is 12.1. The van der Waals surface area contributed by atoms with E-state index in [1.165, 1.54) is 0 Å². The van der Waals surface area contributed by atoms with Gasteiger partial charge in [-0.1, -0.05) is 30.3 Å². The maximum Gasteiger partial charge on any atom is 0.303 e. The van der Waals surface area contributed by atoms with E-state index in [0.717, 1.165) is 27.3 Å². The zero-order valence-corrected chi connectivity index (χ0v) is 33.1. The molecule has 0 saturated heterocycles. The summed E-state index contributed by atoms with van der Waals surface area (Å²) in [6.45, 7) is 2.99. The molecule has 5 atom stereocenters. The largest absolute Gasteiger partial charge is 0.508 e. The highest BCUT2D eigenvalue weighted by atomic mass is 16.4. The summed E-state index contributed by atoms with van der Waals surface area (Å²) in [5.41, 5.74) is 16.9. The van der Waals surface area contributed by atoms with Gasteiger partial charge in [-0.15, -0.1) is 0 Å². The van der Waals surface area contributed by atoms with Crippen LogP contribution in [0.15, 0.2) is 66.7 Å². The number of carbonyl (C=O) groups is 7. The highest BCUT2D eigenvalue weighted by Gasteiger charge is 2.40. The van der Waals surface area contributed by atoms with E-state index in [2.05, 4.69) is 16.0 Å². The van der Waals surface area contributed by atoms with Crippen molar-refractivity contribution in [3.05, 3.63) is 106 Å². The van der Waals surface area contributed by atoms with Crippen LogP contribution in [0.2, 0.25) is 0 Å². The molecule has 6 rings (SSSR count). The van der Waals surface area contributed by atoms with Crippen LogP contribution < -0.4 is 32.3 Å². The van der Waals surface area contributed by atoms with Crippen LogP contribution in [-0.4, -0.2) is 101 Å². The van der Waals surface area contributed by atoms with E-state index < -0.39 is 90.9 Å². The number of imide groups is 1. The number of nitrogens with two attached hydrogens (primary N) is 2. The van der Waals surface area contributed by atoms with Crippen molar-refractivity contribution in [1.82, 2.24) is 20.9 Å². The van der Waals surface area contributed by atoms with Gasteiger partial charge in [0, 0.05) is 26.2 Å². The zero-order valence-electron chi connectivity index (χ0n) is 33.1. The molecule has 2 heterocycles. The number of ketones is 1. The van der Waals surface area contributed by atoms with Gasteiger partial charge in [0.15, 0.2) is 5.78 Å². The Morgan fingerprint density at radius 2 is 1.54 bits per heavy atom. The van der Waals surface area contributed by atoms with Crippen molar-refractivity contribution in [1.29, 1.82) is 0 Å². The molecule has 5 unspecified atom stereocenters. The third-order valence-electron chi connectivity index (χ3n) is 11.0. The number of aromatic hydroxyl groups is 1. The molecule has 2 aliphatic heterocycles. The first kappa shape index (κ1) is 42.0. The number of amides is 5. The van der Waals surface area contributed by atoms with Gasteiger partial charge in [-0.3, -0.25) is 43.8 Å². The molecule has 4 aromatic rings. The number of Topliss-reactive ketones (excluding diaryl/α,β-unsaturated/α-hetero) is 1. The second-order valence-electron chi connectivity index (χ2n) is 15.3. The van der Waals surface area contributed by atoms with E-state index in [4.69, 9.17) is 11.5 Å². The number of anilines is 1. The lowest BCUT2D eigenvalue weighted by Gasteiger charge is -2.34. The lowest BCUT2D eigenvalue weighted by Crippen LogP contribution is -2.59. The van der Waals surface area contributed by atoms with Gasteiger partial charge in [0.05, 0.1) is 35.8 Å². The molecule has 2 aliphatic rings. The summed E-state index contributed by atoms with van der Waals surface area (Å²) in [5, 5.41) is 29.0. The summed E-state index contributed by atoms with van der Waals surface area (Å²) in [6, 6.07) is 12.7.